The van der Waals surface area contributed by atoms with Crippen molar-refractivity contribution in [3.8, 4) is 0 Å². The number of likely N-dealkylation sites (N-methyl/N-ethyl adjacent to an activating group) is 1. The molecule has 0 aliphatic heterocycles. The van der Waals surface area contributed by atoms with E-state index in [-0.39, 0.29) is 5.92 Å². The Morgan fingerprint density at radius 2 is 2.00 bits per heavy atom. The molecule has 0 spiro atoms. The van der Waals surface area contributed by atoms with Crippen LogP contribution < -0.4 is 5.32 Å². The predicted molar refractivity (Wildman–Crippen MR) is 81.5 cm³/mol. The average molecular weight is 285 g/mol. The van der Waals surface area contributed by atoms with E-state index in [9.17, 15) is 0 Å². The van der Waals surface area contributed by atoms with Gasteiger partial charge in [-0.2, -0.15) is 16.7 Å². The third-order valence-corrected chi connectivity index (χ3v) is 4.29. The quantitative estimate of drug-likeness (QED) is 0.704. The van der Waals surface area contributed by atoms with Crippen molar-refractivity contribution >= 4 is 11.8 Å². The van der Waals surface area contributed by atoms with Crippen molar-refractivity contribution in [2.45, 2.75) is 58.8 Å². The molecule has 2 unspecified atom stereocenters. The van der Waals surface area contributed by atoms with Crippen molar-refractivity contribution in [1.82, 2.24) is 15.5 Å². The highest BCUT2D eigenvalue weighted by Crippen LogP contribution is 2.27. The van der Waals surface area contributed by atoms with E-state index in [1.54, 1.807) is 0 Å². The van der Waals surface area contributed by atoms with Gasteiger partial charge in [-0.3, -0.25) is 0 Å². The standard InChI is InChI=1S/C14H27N3OS/c1-6-8-19-9-12-16-14(18-17-12)13(10(3)4)11(5)15-7-2/h10-11,13,15H,6-9H2,1-5H3. The van der Waals surface area contributed by atoms with Gasteiger partial charge in [0.25, 0.3) is 0 Å². The second kappa shape index (κ2) is 8.59. The molecule has 4 nitrogen and oxygen atoms in total. The topological polar surface area (TPSA) is 51.0 Å². The fraction of sp³-hybridized carbons (Fsp3) is 0.857. The number of aromatic nitrogens is 2. The first-order chi connectivity index (χ1) is 9.10. The fourth-order valence-electron chi connectivity index (χ4n) is 2.29. The van der Waals surface area contributed by atoms with Gasteiger partial charge >= 0.3 is 0 Å². The van der Waals surface area contributed by atoms with E-state index >= 15 is 0 Å². The van der Waals surface area contributed by atoms with Gasteiger partial charge in [-0.15, -0.1) is 0 Å². The maximum absolute atomic E-state index is 5.47. The van der Waals surface area contributed by atoms with Crippen LogP contribution in [0.5, 0.6) is 0 Å². The Hall–Kier alpha value is -0.550. The molecule has 0 saturated heterocycles. The molecule has 2 atom stereocenters. The normalized spacial score (nSPS) is 14.8. The molecule has 0 radical (unpaired) electrons. The molecule has 19 heavy (non-hydrogen) atoms. The SMILES string of the molecule is CCCSCc1noc(C(C(C)C)C(C)NCC)n1. The van der Waals surface area contributed by atoms with E-state index in [4.69, 9.17) is 4.52 Å². The summed E-state index contributed by atoms with van der Waals surface area (Å²) < 4.78 is 5.47. The van der Waals surface area contributed by atoms with Crippen LogP contribution in [-0.4, -0.2) is 28.5 Å². The lowest BCUT2D eigenvalue weighted by atomic mass is 9.89. The van der Waals surface area contributed by atoms with Crippen LogP contribution in [0.15, 0.2) is 4.52 Å². The highest BCUT2D eigenvalue weighted by Gasteiger charge is 2.27. The van der Waals surface area contributed by atoms with Gasteiger partial charge in [0.2, 0.25) is 5.89 Å². The molecule has 0 aromatic carbocycles. The van der Waals surface area contributed by atoms with Crippen LogP contribution in [0.4, 0.5) is 0 Å². The zero-order valence-corrected chi connectivity index (χ0v) is 13.6. The van der Waals surface area contributed by atoms with E-state index in [2.05, 4.69) is 50.1 Å². The minimum atomic E-state index is 0.275. The maximum Gasteiger partial charge on any atom is 0.231 e. The average Bonchev–Trinajstić information content (AvgIpc) is 2.78. The highest BCUT2D eigenvalue weighted by molar-refractivity contribution is 7.98. The number of rotatable bonds is 9. The van der Waals surface area contributed by atoms with Crippen LogP contribution in [0, 0.1) is 5.92 Å². The Morgan fingerprint density at radius 1 is 1.26 bits per heavy atom. The molecule has 0 amide bonds. The summed E-state index contributed by atoms with van der Waals surface area (Å²) in [5, 5.41) is 7.55. The maximum atomic E-state index is 5.47. The fourth-order valence-corrected chi connectivity index (χ4v) is 3.03. The van der Waals surface area contributed by atoms with Crippen molar-refractivity contribution in [3.63, 3.8) is 0 Å². The Labute approximate surface area is 121 Å². The summed E-state index contributed by atoms with van der Waals surface area (Å²) in [5.74, 6) is 4.34. The van der Waals surface area contributed by atoms with Crippen LogP contribution in [-0.2, 0) is 5.75 Å². The number of nitrogens with zero attached hydrogens (tertiary/aromatic N) is 2. The molecule has 110 valence electrons. The largest absolute Gasteiger partial charge is 0.339 e. The summed E-state index contributed by atoms with van der Waals surface area (Å²) in [7, 11) is 0. The number of thioether (sulfide) groups is 1. The highest BCUT2D eigenvalue weighted by atomic mass is 32.2. The summed E-state index contributed by atoms with van der Waals surface area (Å²) >= 11 is 1.86. The van der Waals surface area contributed by atoms with Crippen LogP contribution in [0.25, 0.3) is 0 Å². The zero-order valence-electron chi connectivity index (χ0n) is 12.8. The van der Waals surface area contributed by atoms with Gasteiger partial charge in [-0.05, 0) is 31.6 Å². The molecule has 1 N–H and O–H groups in total. The molecule has 0 aliphatic carbocycles. The van der Waals surface area contributed by atoms with Crippen LogP contribution in [0.1, 0.15) is 58.7 Å². The van der Waals surface area contributed by atoms with Crippen molar-refractivity contribution in [2.75, 3.05) is 12.3 Å². The van der Waals surface area contributed by atoms with Crippen molar-refractivity contribution < 1.29 is 4.52 Å². The molecule has 0 bridgehead atoms. The third-order valence-electron chi connectivity index (χ3n) is 3.13. The molecule has 0 saturated carbocycles. The van der Waals surface area contributed by atoms with Crippen molar-refractivity contribution in [3.05, 3.63) is 11.7 Å². The summed E-state index contributed by atoms with van der Waals surface area (Å²) in [4.78, 5) is 4.57. The minimum absolute atomic E-state index is 0.275. The molecule has 1 rings (SSSR count). The molecule has 1 heterocycles. The summed E-state index contributed by atoms with van der Waals surface area (Å²) in [6.45, 7) is 11.8. The van der Waals surface area contributed by atoms with Crippen LogP contribution in [0.2, 0.25) is 0 Å². The van der Waals surface area contributed by atoms with Gasteiger partial charge in [-0.25, -0.2) is 0 Å². The molecular weight excluding hydrogens is 258 g/mol. The van der Waals surface area contributed by atoms with Gasteiger partial charge < -0.3 is 9.84 Å². The van der Waals surface area contributed by atoms with Crippen LogP contribution in [0.3, 0.4) is 0 Å². The van der Waals surface area contributed by atoms with Gasteiger partial charge in [-0.1, -0.05) is 32.9 Å². The number of hydrogen-bond donors (Lipinski definition) is 1. The first-order valence-electron chi connectivity index (χ1n) is 7.23. The minimum Gasteiger partial charge on any atom is -0.339 e. The Balaban J connectivity index is 2.69. The van der Waals surface area contributed by atoms with Crippen LogP contribution >= 0.6 is 11.8 Å². The number of nitrogens with one attached hydrogen (secondary N) is 1. The predicted octanol–water partition coefficient (Wildman–Crippen LogP) is 3.45. The summed E-state index contributed by atoms with van der Waals surface area (Å²) in [6.07, 6.45) is 1.18. The van der Waals surface area contributed by atoms with Crippen molar-refractivity contribution in [1.29, 1.82) is 0 Å². The molecule has 1 aromatic heterocycles. The zero-order chi connectivity index (χ0) is 14.3. The number of hydrogen-bond acceptors (Lipinski definition) is 5. The second-order valence-corrected chi connectivity index (χ2v) is 6.32. The molecule has 1 aromatic rings. The van der Waals surface area contributed by atoms with Gasteiger partial charge in [0.15, 0.2) is 5.82 Å². The smallest absolute Gasteiger partial charge is 0.231 e. The first kappa shape index (κ1) is 16.5. The second-order valence-electron chi connectivity index (χ2n) is 5.22. The van der Waals surface area contributed by atoms with E-state index in [1.165, 1.54) is 6.42 Å². The third kappa shape index (κ3) is 5.15. The Kier molecular flexibility index (Phi) is 7.46. The van der Waals surface area contributed by atoms with Gasteiger partial charge in [0, 0.05) is 6.04 Å². The van der Waals surface area contributed by atoms with Gasteiger partial charge in [0.1, 0.15) is 0 Å². The molecule has 0 aliphatic rings. The summed E-state index contributed by atoms with van der Waals surface area (Å²) in [5.41, 5.74) is 0. The Bertz CT molecular complexity index is 354. The van der Waals surface area contributed by atoms with Crippen molar-refractivity contribution in [2.24, 2.45) is 5.92 Å². The summed E-state index contributed by atoms with van der Waals surface area (Å²) in [6, 6.07) is 0.349. The van der Waals surface area contributed by atoms with E-state index < -0.39 is 0 Å². The van der Waals surface area contributed by atoms with E-state index in [0.29, 0.717) is 12.0 Å². The Morgan fingerprint density at radius 3 is 2.58 bits per heavy atom. The van der Waals surface area contributed by atoms with E-state index in [0.717, 1.165) is 29.8 Å². The van der Waals surface area contributed by atoms with E-state index in [1.807, 2.05) is 11.8 Å². The molecular formula is C14H27N3OS. The lowest BCUT2D eigenvalue weighted by Gasteiger charge is -2.24. The lowest BCUT2D eigenvalue weighted by molar-refractivity contribution is 0.280. The molecule has 0 fully saturated rings. The lowest BCUT2D eigenvalue weighted by Crippen LogP contribution is -2.34. The monoisotopic (exact) mass is 285 g/mol. The molecule has 5 heteroatoms. The van der Waals surface area contributed by atoms with Gasteiger partial charge in [0.05, 0.1) is 11.7 Å². The first-order valence-corrected chi connectivity index (χ1v) is 8.39.